The Morgan fingerprint density at radius 1 is 1.19 bits per heavy atom. The molecule has 7 heteroatoms. The number of nitrogens with zero attached hydrogens (tertiary/aromatic N) is 2. The highest BCUT2D eigenvalue weighted by atomic mass is 16.5. The zero-order chi connectivity index (χ0) is 22.1. The number of rotatable bonds is 6. The van der Waals surface area contributed by atoms with Gasteiger partial charge in [0.05, 0.1) is 42.5 Å². The molecule has 3 aromatic rings. The molecule has 0 aliphatic carbocycles. The summed E-state index contributed by atoms with van der Waals surface area (Å²) in [4.78, 5) is 17.9. The number of carbonyl (C=O) groups is 1. The molecule has 4 rings (SSSR count). The molecular formula is C24H27N3O4. The third-order valence-electron chi connectivity index (χ3n) is 5.20. The lowest BCUT2D eigenvalue weighted by Crippen LogP contribution is -2.30. The van der Waals surface area contributed by atoms with E-state index >= 15 is 0 Å². The van der Waals surface area contributed by atoms with E-state index in [4.69, 9.17) is 19.2 Å². The lowest BCUT2D eigenvalue weighted by atomic mass is 9.94. The summed E-state index contributed by atoms with van der Waals surface area (Å²) < 4.78 is 18.9. The first-order valence-corrected chi connectivity index (χ1v) is 10.4. The predicted molar refractivity (Wildman–Crippen MR) is 120 cm³/mol. The smallest absolute Gasteiger partial charge is 0.338 e. The van der Waals surface area contributed by atoms with Crippen molar-refractivity contribution in [3.63, 3.8) is 0 Å². The van der Waals surface area contributed by atoms with Crippen molar-refractivity contribution >= 4 is 23.0 Å². The second-order valence-electron chi connectivity index (χ2n) is 7.66. The molecule has 0 amide bonds. The summed E-state index contributed by atoms with van der Waals surface area (Å²) in [5.74, 6) is 1.59. The Morgan fingerprint density at radius 3 is 2.68 bits per heavy atom. The Kier molecular flexibility index (Phi) is 5.59. The Morgan fingerprint density at radius 2 is 1.97 bits per heavy atom. The Bertz CT molecular complexity index is 1160. The van der Waals surface area contributed by atoms with Crippen molar-refractivity contribution in [3.8, 4) is 11.5 Å². The van der Waals surface area contributed by atoms with E-state index in [1.807, 2.05) is 74.7 Å². The summed E-state index contributed by atoms with van der Waals surface area (Å²) in [6, 6.07) is 13.2. The van der Waals surface area contributed by atoms with E-state index in [1.165, 1.54) is 0 Å². The number of esters is 1. The van der Waals surface area contributed by atoms with E-state index in [2.05, 4.69) is 5.32 Å². The lowest BCUT2D eigenvalue weighted by Gasteiger charge is -2.31. The number of benzene rings is 2. The SMILES string of the molecule is CCOc1ccc([C@H]2C(C(=O)OC(C)C)=C(C)Nc3nc4ccccc4n32)cc1OC. The van der Waals surface area contributed by atoms with Gasteiger partial charge in [-0.15, -0.1) is 0 Å². The van der Waals surface area contributed by atoms with E-state index in [0.29, 0.717) is 35.3 Å². The van der Waals surface area contributed by atoms with Gasteiger partial charge in [0.1, 0.15) is 0 Å². The van der Waals surface area contributed by atoms with Gasteiger partial charge in [-0.1, -0.05) is 18.2 Å². The van der Waals surface area contributed by atoms with Crippen LogP contribution in [0.5, 0.6) is 11.5 Å². The number of nitrogens with one attached hydrogen (secondary N) is 1. The van der Waals surface area contributed by atoms with Gasteiger partial charge >= 0.3 is 5.97 Å². The van der Waals surface area contributed by atoms with Crippen molar-refractivity contribution in [2.24, 2.45) is 0 Å². The van der Waals surface area contributed by atoms with Crippen LogP contribution in [0, 0.1) is 0 Å². The topological polar surface area (TPSA) is 74.6 Å². The van der Waals surface area contributed by atoms with Gasteiger partial charge in [0.25, 0.3) is 0 Å². The number of allylic oxidation sites excluding steroid dienone is 1. The number of aromatic nitrogens is 2. The highest BCUT2D eigenvalue weighted by Crippen LogP contribution is 2.42. The van der Waals surface area contributed by atoms with Crippen molar-refractivity contribution in [1.82, 2.24) is 9.55 Å². The Labute approximate surface area is 181 Å². The van der Waals surface area contributed by atoms with Crippen molar-refractivity contribution in [2.75, 3.05) is 19.0 Å². The Hall–Kier alpha value is -3.48. The van der Waals surface area contributed by atoms with Crippen LogP contribution in [0.25, 0.3) is 11.0 Å². The zero-order valence-corrected chi connectivity index (χ0v) is 18.4. The van der Waals surface area contributed by atoms with Gasteiger partial charge in [-0.25, -0.2) is 9.78 Å². The molecule has 2 heterocycles. The van der Waals surface area contributed by atoms with E-state index < -0.39 is 6.04 Å². The summed E-state index contributed by atoms with van der Waals surface area (Å²) in [5.41, 5.74) is 3.90. The van der Waals surface area contributed by atoms with Crippen LogP contribution in [-0.4, -0.2) is 35.3 Å². The average molecular weight is 421 g/mol. The third-order valence-corrected chi connectivity index (χ3v) is 5.20. The molecule has 7 nitrogen and oxygen atoms in total. The number of anilines is 1. The maximum absolute atomic E-state index is 13.2. The summed E-state index contributed by atoms with van der Waals surface area (Å²) in [6.07, 6.45) is -0.232. The van der Waals surface area contributed by atoms with Crippen LogP contribution >= 0.6 is 0 Å². The fourth-order valence-corrected chi connectivity index (χ4v) is 3.95. The predicted octanol–water partition coefficient (Wildman–Crippen LogP) is 4.68. The molecule has 0 spiro atoms. The molecule has 0 fully saturated rings. The minimum absolute atomic E-state index is 0.232. The molecule has 0 saturated carbocycles. The number of para-hydroxylation sites is 2. The van der Waals surface area contributed by atoms with Crippen LogP contribution in [0.4, 0.5) is 5.95 Å². The molecule has 0 bridgehead atoms. The second kappa shape index (κ2) is 8.34. The zero-order valence-electron chi connectivity index (χ0n) is 18.4. The molecule has 1 N–H and O–H groups in total. The minimum Gasteiger partial charge on any atom is -0.493 e. The fraction of sp³-hybridized carbons (Fsp3) is 0.333. The number of fused-ring (bicyclic) bond motifs is 3. The van der Waals surface area contributed by atoms with Crippen LogP contribution in [0.1, 0.15) is 39.3 Å². The second-order valence-corrected chi connectivity index (χ2v) is 7.66. The number of carbonyl (C=O) groups excluding carboxylic acids is 1. The largest absolute Gasteiger partial charge is 0.493 e. The number of ether oxygens (including phenoxy) is 3. The monoisotopic (exact) mass is 421 g/mol. The number of imidazole rings is 1. The summed E-state index contributed by atoms with van der Waals surface area (Å²) in [7, 11) is 1.61. The molecule has 1 atom stereocenters. The number of methoxy groups -OCH3 is 1. The summed E-state index contributed by atoms with van der Waals surface area (Å²) in [5, 5.41) is 3.29. The van der Waals surface area contributed by atoms with Gasteiger partial charge in [-0.2, -0.15) is 0 Å². The molecular weight excluding hydrogens is 394 g/mol. The first-order valence-electron chi connectivity index (χ1n) is 10.4. The van der Waals surface area contributed by atoms with Crippen molar-refractivity contribution < 1.29 is 19.0 Å². The first kappa shape index (κ1) is 20.8. The number of hydrogen-bond donors (Lipinski definition) is 1. The van der Waals surface area contributed by atoms with Gasteiger partial charge < -0.3 is 19.5 Å². The molecule has 1 aliphatic heterocycles. The maximum atomic E-state index is 13.2. The van der Waals surface area contributed by atoms with E-state index in [-0.39, 0.29) is 12.1 Å². The maximum Gasteiger partial charge on any atom is 0.338 e. The van der Waals surface area contributed by atoms with Crippen LogP contribution < -0.4 is 14.8 Å². The number of hydrogen-bond acceptors (Lipinski definition) is 6. The fourth-order valence-electron chi connectivity index (χ4n) is 3.95. The molecule has 162 valence electrons. The molecule has 1 aromatic heterocycles. The molecule has 31 heavy (non-hydrogen) atoms. The summed E-state index contributed by atoms with van der Waals surface area (Å²) >= 11 is 0. The van der Waals surface area contributed by atoms with Gasteiger partial charge in [0.15, 0.2) is 11.5 Å². The molecule has 0 radical (unpaired) electrons. The van der Waals surface area contributed by atoms with Crippen molar-refractivity contribution in [3.05, 3.63) is 59.3 Å². The van der Waals surface area contributed by atoms with Gasteiger partial charge in [0, 0.05) is 5.70 Å². The van der Waals surface area contributed by atoms with E-state index in [0.717, 1.165) is 16.6 Å². The summed E-state index contributed by atoms with van der Waals surface area (Å²) in [6.45, 7) is 8.02. The lowest BCUT2D eigenvalue weighted by molar-refractivity contribution is -0.143. The third kappa shape index (κ3) is 3.71. The first-order chi connectivity index (χ1) is 14.9. The molecule has 0 saturated heterocycles. The molecule has 0 unspecified atom stereocenters. The van der Waals surface area contributed by atoms with Gasteiger partial charge in [0.2, 0.25) is 5.95 Å². The molecule has 2 aromatic carbocycles. The van der Waals surface area contributed by atoms with Crippen LogP contribution in [-0.2, 0) is 9.53 Å². The normalized spacial score (nSPS) is 15.6. The van der Waals surface area contributed by atoms with Crippen molar-refractivity contribution in [2.45, 2.75) is 39.8 Å². The van der Waals surface area contributed by atoms with Crippen molar-refractivity contribution in [1.29, 1.82) is 0 Å². The average Bonchev–Trinajstić information content (AvgIpc) is 3.10. The minimum atomic E-state index is -0.431. The van der Waals surface area contributed by atoms with Gasteiger partial charge in [-0.3, -0.25) is 4.57 Å². The highest BCUT2D eigenvalue weighted by molar-refractivity contribution is 5.94. The van der Waals surface area contributed by atoms with E-state index in [9.17, 15) is 4.79 Å². The van der Waals surface area contributed by atoms with Crippen LogP contribution in [0.3, 0.4) is 0 Å². The highest BCUT2D eigenvalue weighted by Gasteiger charge is 2.35. The van der Waals surface area contributed by atoms with Crippen LogP contribution in [0.15, 0.2) is 53.7 Å². The Balaban J connectivity index is 1.94. The van der Waals surface area contributed by atoms with Crippen LogP contribution in [0.2, 0.25) is 0 Å². The quantitative estimate of drug-likeness (QED) is 0.583. The standard InChI is InChI=1S/C24H27N3O4/c1-6-30-19-12-11-16(13-20(19)29-5)22-21(23(28)31-14(2)3)15(4)25-24-26-17-9-7-8-10-18(17)27(22)24/h7-14,22H,6H2,1-5H3,(H,25,26)/t22-/m0/s1. The van der Waals surface area contributed by atoms with E-state index in [1.54, 1.807) is 7.11 Å². The van der Waals surface area contributed by atoms with Gasteiger partial charge in [-0.05, 0) is 57.5 Å². The molecule has 1 aliphatic rings.